The van der Waals surface area contributed by atoms with Crippen LogP contribution in [0.3, 0.4) is 0 Å². The van der Waals surface area contributed by atoms with Crippen LogP contribution < -0.4 is 5.32 Å². The quantitative estimate of drug-likeness (QED) is 0.600. The third kappa shape index (κ3) is 3.37. The molecule has 0 unspecified atom stereocenters. The number of nitrogens with one attached hydrogen (secondary N) is 1. The number of aliphatic hydroxyl groups excluding tert-OH is 1. The number of hydrogen-bond acceptors (Lipinski definition) is 3. The van der Waals surface area contributed by atoms with Crippen LogP contribution in [-0.4, -0.2) is 52.3 Å². The number of amides is 2. The van der Waals surface area contributed by atoms with Gasteiger partial charge in [-0.2, -0.15) is 0 Å². The van der Waals surface area contributed by atoms with Crippen LogP contribution in [-0.2, 0) is 4.79 Å². The molecule has 0 heterocycles. The number of carbonyl (C=O) groups is 2. The first-order chi connectivity index (χ1) is 7.60. The van der Waals surface area contributed by atoms with Gasteiger partial charge in [0.1, 0.15) is 0 Å². The summed E-state index contributed by atoms with van der Waals surface area (Å²) in [6.07, 6.45) is 2.79. The number of nitrogens with zero attached hydrogens (tertiary/aromatic N) is 1. The lowest BCUT2D eigenvalue weighted by Gasteiger charge is -2.23. The van der Waals surface area contributed by atoms with Crippen LogP contribution in [0.1, 0.15) is 26.2 Å². The molecule has 0 aromatic rings. The lowest BCUT2D eigenvalue weighted by Crippen LogP contribution is -2.50. The summed E-state index contributed by atoms with van der Waals surface area (Å²) >= 11 is 0. The lowest BCUT2D eigenvalue weighted by molar-refractivity contribution is -0.140. The summed E-state index contributed by atoms with van der Waals surface area (Å²) in [4.78, 5) is 24.0. The van der Waals surface area contributed by atoms with Gasteiger partial charge in [0.05, 0.1) is 6.61 Å². The van der Waals surface area contributed by atoms with Gasteiger partial charge in [-0.15, -0.1) is 0 Å². The number of carboxylic acid groups (broad SMARTS) is 1. The van der Waals surface area contributed by atoms with Gasteiger partial charge in [0, 0.05) is 12.6 Å². The van der Waals surface area contributed by atoms with Crippen LogP contribution in [0, 0.1) is 0 Å². The van der Waals surface area contributed by atoms with Gasteiger partial charge in [-0.3, -0.25) is 0 Å². The number of hydrogen-bond donors (Lipinski definition) is 3. The van der Waals surface area contributed by atoms with Crippen molar-refractivity contribution in [3.05, 3.63) is 0 Å². The van der Waals surface area contributed by atoms with Crippen molar-refractivity contribution in [2.24, 2.45) is 0 Å². The molecule has 1 atom stereocenters. The fraction of sp³-hybridized carbons (Fsp3) is 0.800. The van der Waals surface area contributed by atoms with Crippen LogP contribution in [0.15, 0.2) is 0 Å². The van der Waals surface area contributed by atoms with Gasteiger partial charge in [0.2, 0.25) is 0 Å². The second-order valence-corrected chi connectivity index (χ2v) is 3.95. The van der Waals surface area contributed by atoms with Crippen LogP contribution >= 0.6 is 0 Å². The molecule has 0 bridgehead atoms. The second-order valence-electron chi connectivity index (χ2n) is 3.95. The summed E-state index contributed by atoms with van der Waals surface area (Å²) < 4.78 is 0. The van der Waals surface area contributed by atoms with Crippen molar-refractivity contribution >= 4 is 12.0 Å². The maximum Gasteiger partial charge on any atom is 0.328 e. The summed E-state index contributed by atoms with van der Waals surface area (Å²) in [6.45, 7) is 1.99. The predicted octanol–water partition coefficient (Wildman–Crippen LogP) is 0.0159. The molecule has 0 radical (unpaired) electrons. The molecule has 92 valence electrons. The zero-order valence-electron chi connectivity index (χ0n) is 9.35. The van der Waals surface area contributed by atoms with Gasteiger partial charge in [-0.05, 0) is 19.3 Å². The van der Waals surface area contributed by atoms with Gasteiger partial charge >= 0.3 is 12.0 Å². The van der Waals surface area contributed by atoms with E-state index >= 15 is 0 Å². The molecular formula is C10H18N2O4. The molecule has 0 saturated heterocycles. The number of rotatable bonds is 6. The van der Waals surface area contributed by atoms with Crippen molar-refractivity contribution in [1.82, 2.24) is 10.2 Å². The minimum absolute atomic E-state index is 0.244. The second kappa shape index (κ2) is 5.69. The van der Waals surface area contributed by atoms with E-state index in [1.165, 1.54) is 0 Å². The Kier molecular flexibility index (Phi) is 4.54. The molecule has 1 rings (SSSR count). The first-order valence-electron chi connectivity index (χ1n) is 5.51. The Morgan fingerprint density at radius 3 is 2.50 bits per heavy atom. The maximum atomic E-state index is 11.7. The van der Waals surface area contributed by atoms with Crippen molar-refractivity contribution in [2.75, 3.05) is 13.2 Å². The Labute approximate surface area is 94.2 Å². The molecule has 1 aliphatic carbocycles. The number of aliphatic carboxylic acids is 1. The summed E-state index contributed by atoms with van der Waals surface area (Å²) in [5, 5.41) is 19.8. The number of urea groups is 1. The number of carbonyl (C=O) groups excluding carboxylic acids is 1. The molecule has 1 saturated carbocycles. The van der Waals surface area contributed by atoms with Gasteiger partial charge in [-0.1, -0.05) is 6.92 Å². The first-order valence-corrected chi connectivity index (χ1v) is 5.51. The average Bonchev–Trinajstić information content (AvgIpc) is 3.05. The van der Waals surface area contributed by atoms with Gasteiger partial charge < -0.3 is 20.4 Å². The Hall–Kier alpha value is -1.30. The van der Waals surface area contributed by atoms with Crippen molar-refractivity contribution < 1.29 is 19.8 Å². The monoisotopic (exact) mass is 230 g/mol. The molecule has 1 fully saturated rings. The average molecular weight is 230 g/mol. The van der Waals surface area contributed by atoms with Gasteiger partial charge in [-0.25, -0.2) is 9.59 Å². The molecule has 0 aromatic heterocycles. The Morgan fingerprint density at radius 1 is 1.50 bits per heavy atom. The molecule has 6 heteroatoms. The minimum atomic E-state index is -1.22. The fourth-order valence-corrected chi connectivity index (χ4v) is 1.49. The zero-order chi connectivity index (χ0) is 12.1. The smallest absolute Gasteiger partial charge is 0.328 e. The first kappa shape index (κ1) is 12.8. The molecule has 0 aromatic carbocycles. The topological polar surface area (TPSA) is 89.9 Å². The standard InChI is InChI=1S/C10H18N2O4/c1-2-5-12(7-3-4-7)10(16)11-8(6-13)9(14)15/h7-8,13H,2-6H2,1H3,(H,11,16)(H,14,15)/t8-/m1/s1. The third-order valence-electron chi connectivity index (χ3n) is 2.49. The highest BCUT2D eigenvalue weighted by atomic mass is 16.4. The highest BCUT2D eigenvalue weighted by molar-refractivity contribution is 5.83. The lowest BCUT2D eigenvalue weighted by atomic mass is 10.3. The van der Waals surface area contributed by atoms with Crippen molar-refractivity contribution in [2.45, 2.75) is 38.3 Å². The maximum absolute atomic E-state index is 11.7. The molecule has 1 aliphatic rings. The predicted molar refractivity (Wildman–Crippen MR) is 57.1 cm³/mol. The zero-order valence-corrected chi connectivity index (χ0v) is 9.35. The Morgan fingerprint density at radius 2 is 2.12 bits per heavy atom. The van der Waals surface area contributed by atoms with E-state index in [-0.39, 0.29) is 6.04 Å². The molecule has 6 nitrogen and oxygen atoms in total. The van der Waals surface area contributed by atoms with Crippen LogP contribution in [0.5, 0.6) is 0 Å². The largest absolute Gasteiger partial charge is 0.480 e. The fourth-order valence-electron chi connectivity index (χ4n) is 1.49. The van der Waals surface area contributed by atoms with Crippen molar-refractivity contribution in [3.63, 3.8) is 0 Å². The molecule has 0 aliphatic heterocycles. The molecule has 0 spiro atoms. The molecule has 3 N–H and O–H groups in total. The number of carboxylic acids is 1. The van der Waals surface area contributed by atoms with Crippen LogP contribution in [0.2, 0.25) is 0 Å². The highest BCUT2D eigenvalue weighted by Crippen LogP contribution is 2.26. The van der Waals surface area contributed by atoms with E-state index in [4.69, 9.17) is 10.2 Å². The normalized spacial score (nSPS) is 16.6. The van der Waals surface area contributed by atoms with Crippen LogP contribution in [0.4, 0.5) is 4.79 Å². The van der Waals surface area contributed by atoms with Gasteiger partial charge in [0.15, 0.2) is 6.04 Å². The van der Waals surface area contributed by atoms with E-state index in [0.29, 0.717) is 6.54 Å². The number of aliphatic hydroxyl groups is 1. The highest BCUT2D eigenvalue weighted by Gasteiger charge is 2.33. The van der Waals surface area contributed by atoms with E-state index in [1.807, 2.05) is 6.92 Å². The Balaban J connectivity index is 2.50. The van der Waals surface area contributed by atoms with Gasteiger partial charge in [0.25, 0.3) is 0 Å². The van der Waals surface area contributed by atoms with E-state index in [9.17, 15) is 9.59 Å². The minimum Gasteiger partial charge on any atom is -0.480 e. The summed E-state index contributed by atoms with van der Waals surface area (Å²) in [6, 6.07) is -1.37. The van der Waals surface area contributed by atoms with E-state index in [2.05, 4.69) is 5.32 Å². The summed E-state index contributed by atoms with van der Waals surface area (Å²) in [5.74, 6) is -1.22. The van der Waals surface area contributed by atoms with E-state index < -0.39 is 24.6 Å². The summed E-state index contributed by atoms with van der Waals surface area (Å²) in [7, 11) is 0. The summed E-state index contributed by atoms with van der Waals surface area (Å²) in [5.41, 5.74) is 0. The third-order valence-corrected chi connectivity index (χ3v) is 2.49. The van der Waals surface area contributed by atoms with E-state index in [0.717, 1.165) is 19.3 Å². The Bertz CT molecular complexity index is 266. The van der Waals surface area contributed by atoms with E-state index in [1.54, 1.807) is 4.90 Å². The SMILES string of the molecule is CCCN(C(=O)N[C@H](CO)C(=O)O)C1CC1. The van der Waals surface area contributed by atoms with Crippen molar-refractivity contribution in [3.8, 4) is 0 Å². The van der Waals surface area contributed by atoms with Crippen molar-refractivity contribution in [1.29, 1.82) is 0 Å². The molecule has 2 amide bonds. The molecular weight excluding hydrogens is 212 g/mol. The van der Waals surface area contributed by atoms with Crippen LogP contribution in [0.25, 0.3) is 0 Å². The molecule has 16 heavy (non-hydrogen) atoms.